The first kappa shape index (κ1) is 22.4. The third kappa shape index (κ3) is 4.57. The lowest BCUT2D eigenvalue weighted by Gasteiger charge is -2.41. The molecule has 3 N–H and O–H groups in total. The molecule has 1 aromatic carbocycles. The molecular weight excluding hydrogens is 485 g/mol. The van der Waals surface area contributed by atoms with E-state index in [1.54, 1.807) is 29.8 Å². The van der Waals surface area contributed by atoms with Crippen LogP contribution >= 0.6 is 46.3 Å². The third-order valence-electron chi connectivity index (χ3n) is 4.67. The van der Waals surface area contributed by atoms with Gasteiger partial charge in [0.25, 0.3) is 0 Å². The molecule has 13 heteroatoms. The lowest BCUT2D eigenvalue weighted by atomic mass is 9.97. The van der Waals surface area contributed by atoms with Gasteiger partial charge in [0.2, 0.25) is 0 Å². The van der Waals surface area contributed by atoms with Crippen molar-refractivity contribution in [1.29, 1.82) is 5.26 Å². The maximum absolute atomic E-state index is 11.0. The number of rotatable bonds is 5. The molecule has 1 aliphatic heterocycles. The first-order valence-electron chi connectivity index (χ1n) is 8.93. The minimum absolute atomic E-state index is 0.274. The molecule has 3 aromatic rings. The number of nitrogens with zero attached hydrogens (tertiary/aromatic N) is 5. The lowest BCUT2D eigenvalue weighted by molar-refractivity contribution is -0.178. The highest BCUT2D eigenvalue weighted by atomic mass is 35.5. The average molecular weight is 500 g/mol. The Labute approximate surface area is 194 Å². The molecule has 5 atom stereocenters. The van der Waals surface area contributed by atoms with E-state index >= 15 is 0 Å². The van der Waals surface area contributed by atoms with Gasteiger partial charge in [0.15, 0.2) is 0 Å². The molecule has 2 aromatic heterocycles. The molecule has 162 valence electrons. The summed E-state index contributed by atoms with van der Waals surface area (Å²) >= 11 is 14.4. The second-order valence-corrected chi connectivity index (χ2v) is 9.45. The number of aliphatic hydroxyl groups is 3. The van der Waals surface area contributed by atoms with E-state index in [-0.39, 0.29) is 5.02 Å². The van der Waals surface area contributed by atoms with Gasteiger partial charge in [0.05, 0.1) is 23.4 Å². The molecule has 4 rings (SSSR count). The van der Waals surface area contributed by atoms with Gasteiger partial charge in [0.1, 0.15) is 51.7 Å². The van der Waals surface area contributed by atoms with Crippen LogP contribution in [0.15, 0.2) is 34.7 Å². The van der Waals surface area contributed by atoms with Crippen LogP contribution in [0.5, 0.6) is 0 Å². The molecule has 9 nitrogen and oxygen atoms in total. The van der Waals surface area contributed by atoms with Gasteiger partial charge in [-0.25, -0.2) is 9.67 Å². The third-order valence-corrected chi connectivity index (χ3v) is 7.32. The molecule has 31 heavy (non-hydrogen) atoms. The smallest absolute Gasteiger partial charge is 0.147 e. The number of nitriles is 1. The summed E-state index contributed by atoms with van der Waals surface area (Å²) in [6, 6.07) is 5.89. The number of halogens is 2. The monoisotopic (exact) mass is 499 g/mol. The number of thioether (sulfide) groups is 1. The Bertz CT molecular complexity index is 1120. The summed E-state index contributed by atoms with van der Waals surface area (Å²) in [5.74, 6) is 0. The van der Waals surface area contributed by atoms with Crippen molar-refractivity contribution in [2.75, 3.05) is 6.61 Å². The topological polar surface area (TPSA) is 137 Å². The number of ether oxygens (including phenoxy) is 1. The number of benzene rings is 1. The van der Waals surface area contributed by atoms with E-state index in [4.69, 9.17) is 33.2 Å². The van der Waals surface area contributed by atoms with Crippen LogP contribution in [0.3, 0.4) is 0 Å². The zero-order valence-corrected chi connectivity index (χ0v) is 18.7. The first-order valence-corrected chi connectivity index (χ1v) is 11.4. The second-order valence-electron chi connectivity index (χ2n) is 6.63. The van der Waals surface area contributed by atoms with Crippen LogP contribution in [0.2, 0.25) is 10.2 Å². The second kappa shape index (κ2) is 9.40. The Kier molecular flexibility index (Phi) is 6.80. The summed E-state index contributed by atoms with van der Waals surface area (Å²) < 4.78 is 7.06. The van der Waals surface area contributed by atoms with E-state index in [9.17, 15) is 15.3 Å². The van der Waals surface area contributed by atoms with E-state index in [1.807, 2.05) is 6.07 Å². The maximum atomic E-state index is 11.0. The van der Waals surface area contributed by atoms with Gasteiger partial charge in [-0.2, -0.15) is 5.26 Å². The highest BCUT2D eigenvalue weighted by Gasteiger charge is 2.46. The predicted octanol–water partition coefficient (Wildman–Crippen LogP) is 2.35. The van der Waals surface area contributed by atoms with Crippen molar-refractivity contribution in [1.82, 2.24) is 20.0 Å². The zero-order chi connectivity index (χ0) is 22.1. The Morgan fingerprint density at radius 1 is 1.29 bits per heavy atom. The molecular formula is C18H15Cl2N5O4S2. The normalized spacial score (nSPS) is 26.0. The Morgan fingerprint density at radius 3 is 2.74 bits per heavy atom. The number of thiazole rings is 1. The number of aromatic nitrogens is 4. The van der Waals surface area contributed by atoms with Crippen LogP contribution in [-0.4, -0.2) is 65.7 Å². The van der Waals surface area contributed by atoms with Crippen molar-refractivity contribution < 1.29 is 20.1 Å². The van der Waals surface area contributed by atoms with Crippen LogP contribution in [0.4, 0.5) is 0 Å². The minimum atomic E-state index is -1.24. The highest BCUT2D eigenvalue weighted by Crippen LogP contribution is 2.39. The zero-order valence-electron chi connectivity index (χ0n) is 15.5. The van der Waals surface area contributed by atoms with Crippen LogP contribution in [0.1, 0.15) is 11.6 Å². The summed E-state index contributed by atoms with van der Waals surface area (Å²) in [7, 11) is 0. The molecule has 0 amide bonds. The Hall–Kier alpha value is -1.75. The summed E-state index contributed by atoms with van der Waals surface area (Å²) in [6.45, 7) is -0.459. The van der Waals surface area contributed by atoms with E-state index in [2.05, 4.69) is 15.3 Å². The van der Waals surface area contributed by atoms with E-state index in [0.29, 0.717) is 26.3 Å². The highest BCUT2D eigenvalue weighted by molar-refractivity contribution is 7.99. The summed E-state index contributed by atoms with van der Waals surface area (Å²) in [6.07, 6.45) is -1.85. The van der Waals surface area contributed by atoms with Gasteiger partial charge in [0, 0.05) is 10.3 Å². The van der Waals surface area contributed by atoms with E-state index in [0.717, 1.165) is 11.8 Å². The van der Waals surface area contributed by atoms with Crippen molar-refractivity contribution in [2.45, 2.75) is 34.7 Å². The molecule has 3 unspecified atom stereocenters. The quantitative estimate of drug-likeness (QED) is 0.482. The van der Waals surface area contributed by atoms with Crippen LogP contribution in [-0.2, 0) is 4.74 Å². The fraction of sp³-hybridized carbons (Fsp3) is 0.333. The van der Waals surface area contributed by atoms with Gasteiger partial charge in [-0.3, -0.25) is 0 Å². The predicted molar refractivity (Wildman–Crippen MR) is 115 cm³/mol. The first-order chi connectivity index (χ1) is 14.9. The summed E-state index contributed by atoms with van der Waals surface area (Å²) in [4.78, 5) is 4.79. The van der Waals surface area contributed by atoms with Crippen LogP contribution in [0.25, 0.3) is 10.7 Å². The van der Waals surface area contributed by atoms with Gasteiger partial charge < -0.3 is 20.1 Å². The SMILES string of the molecule is N#Cc1ccc(S[C@H]2OC(CO)[C@H](O)C(n3cc(-c4nc(Cl)cs4)nn3)C2O)cc1Cl. The summed E-state index contributed by atoms with van der Waals surface area (Å²) in [5.41, 5.74) is -0.0852. The summed E-state index contributed by atoms with van der Waals surface area (Å²) in [5, 5.41) is 51.3. The van der Waals surface area contributed by atoms with Crippen molar-refractivity contribution in [3.05, 3.63) is 45.5 Å². The molecule has 0 radical (unpaired) electrons. The van der Waals surface area contributed by atoms with Gasteiger partial charge in [-0.15, -0.1) is 16.4 Å². The van der Waals surface area contributed by atoms with E-state index < -0.39 is 36.4 Å². The van der Waals surface area contributed by atoms with Crippen LogP contribution in [0, 0.1) is 11.3 Å². The maximum Gasteiger partial charge on any atom is 0.147 e. The molecule has 0 bridgehead atoms. The number of hydrogen-bond donors (Lipinski definition) is 3. The standard InChI is InChI=1S/C18H15Cl2N5O4S2/c19-10-3-9(2-1-8(10)4-21)31-18-16(28)14(15(27)12(6-26)29-18)25-5-11(23-24-25)17-22-13(20)7-30-17/h1-3,5,7,12,14-16,18,26-28H,6H2/t12?,14?,15-,16?,18+/m0/s1. The van der Waals surface area contributed by atoms with E-state index in [1.165, 1.54) is 16.0 Å². The Morgan fingerprint density at radius 2 is 2.10 bits per heavy atom. The van der Waals surface area contributed by atoms with Crippen LogP contribution < -0.4 is 0 Å². The van der Waals surface area contributed by atoms with Crippen molar-refractivity contribution >= 4 is 46.3 Å². The fourth-order valence-corrected chi connectivity index (χ4v) is 5.45. The van der Waals surface area contributed by atoms with Crippen molar-refractivity contribution in [2.24, 2.45) is 0 Å². The molecule has 1 aliphatic rings. The largest absolute Gasteiger partial charge is 0.394 e. The Balaban J connectivity index is 1.60. The molecule has 1 fully saturated rings. The minimum Gasteiger partial charge on any atom is -0.394 e. The molecule has 3 heterocycles. The molecule has 1 saturated heterocycles. The molecule has 0 aliphatic carbocycles. The van der Waals surface area contributed by atoms with Gasteiger partial charge >= 0.3 is 0 Å². The number of hydrogen-bond acceptors (Lipinski definition) is 10. The molecule has 0 saturated carbocycles. The number of aliphatic hydroxyl groups excluding tert-OH is 3. The molecule has 0 spiro atoms. The average Bonchev–Trinajstić information content (AvgIpc) is 3.39. The lowest BCUT2D eigenvalue weighted by Crippen LogP contribution is -2.55. The van der Waals surface area contributed by atoms with Crippen molar-refractivity contribution in [3.63, 3.8) is 0 Å². The van der Waals surface area contributed by atoms with Gasteiger partial charge in [-0.05, 0) is 18.2 Å². The fourth-order valence-electron chi connectivity index (χ4n) is 3.16. The van der Waals surface area contributed by atoms with Crippen molar-refractivity contribution in [3.8, 4) is 16.8 Å². The van der Waals surface area contributed by atoms with Gasteiger partial charge in [-0.1, -0.05) is 40.2 Å².